The summed E-state index contributed by atoms with van der Waals surface area (Å²) in [4.78, 5) is 51.9. The number of carbonyl (C=O) groups excluding carboxylic acids is 3. The van der Waals surface area contributed by atoms with Crippen molar-refractivity contribution in [1.82, 2.24) is 0 Å². The van der Waals surface area contributed by atoms with E-state index in [1.165, 1.54) is 0 Å². The van der Waals surface area contributed by atoms with Crippen LogP contribution >= 0.6 is 0 Å². The Morgan fingerprint density at radius 1 is 0.250 bits per heavy atom. The number of fused-ring (bicyclic) bond motifs is 3. The average Bonchev–Trinajstić information content (AvgIpc) is 0.730. The minimum Gasteiger partial charge on any atom is -0.422 e. The summed E-state index contributed by atoms with van der Waals surface area (Å²) in [6.45, 7) is 8.34. The van der Waals surface area contributed by atoms with Crippen molar-refractivity contribution in [3.8, 4) is 50.6 Å². The number of anilines is 9. The second kappa shape index (κ2) is 33.4. The van der Waals surface area contributed by atoms with Crippen LogP contribution in [0.25, 0.3) is 65.7 Å². The number of benzene rings is 18. The molecule has 18 aromatic rings. The van der Waals surface area contributed by atoms with Gasteiger partial charge in [-0.1, -0.05) is 278 Å². The van der Waals surface area contributed by atoms with Crippen LogP contribution in [0.5, 0.6) is 17.2 Å². The van der Waals surface area contributed by atoms with Crippen LogP contribution in [0.15, 0.2) is 419 Å². The average molecular weight is 1550 g/mol. The van der Waals surface area contributed by atoms with E-state index in [4.69, 9.17) is 14.2 Å². The Labute approximate surface area is 699 Å². The lowest BCUT2D eigenvalue weighted by atomic mass is 9.66. The SMILES string of the molecule is CCC(c1ccc(OC(=O)c2ccc(N(c3ccccc3)c3cccc4ccccc34)cc2)c(-c2cccc(C)c2)c1)(c1ccc(OC(=O)c2ccc(N(c3ccccc3)c3cccc4ccccc34)cc2)c(-c2cccc(C)c2)c1)c1ccc(OC(=O)c2ccc(N(c3ccccc3)c3cccc4ccccc34)cc2)c(-c2cccc(C)c2)c1. The van der Waals surface area contributed by atoms with Crippen LogP contribution in [0, 0.1) is 20.8 Å². The lowest BCUT2D eigenvalue weighted by Crippen LogP contribution is -2.29. The van der Waals surface area contributed by atoms with Crippen molar-refractivity contribution in [1.29, 1.82) is 0 Å². The zero-order valence-electron chi connectivity index (χ0n) is 66.8. The molecule has 0 bridgehead atoms. The maximum atomic E-state index is 15.1. The predicted octanol–water partition coefficient (Wildman–Crippen LogP) is 28.9. The molecule has 9 nitrogen and oxygen atoms in total. The molecule has 18 aromatic carbocycles. The Bertz CT molecular complexity index is 6180. The van der Waals surface area contributed by atoms with Gasteiger partial charge in [-0.3, -0.25) is 0 Å². The van der Waals surface area contributed by atoms with E-state index in [1.807, 2.05) is 200 Å². The van der Waals surface area contributed by atoms with Crippen molar-refractivity contribution in [3.05, 3.63) is 469 Å². The summed E-state index contributed by atoms with van der Waals surface area (Å²) in [5.74, 6) is -0.504. The van der Waals surface area contributed by atoms with E-state index in [9.17, 15) is 0 Å². The number of para-hydroxylation sites is 3. The van der Waals surface area contributed by atoms with Gasteiger partial charge in [-0.15, -0.1) is 0 Å². The zero-order valence-corrected chi connectivity index (χ0v) is 66.8. The Kier molecular flexibility index (Phi) is 21.1. The minimum absolute atomic E-state index is 0.360. The molecule has 0 N–H and O–H groups in total. The van der Waals surface area contributed by atoms with Gasteiger partial charge in [-0.05, 0) is 241 Å². The number of hydrogen-bond donors (Lipinski definition) is 0. The molecule has 0 aliphatic heterocycles. The van der Waals surface area contributed by atoms with Gasteiger partial charge in [0.2, 0.25) is 0 Å². The predicted molar refractivity (Wildman–Crippen MR) is 491 cm³/mol. The van der Waals surface area contributed by atoms with Gasteiger partial charge in [-0.2, -0.15) is 0 Å². The van der Waals surface area contributed by atoms with Crippen molar-refractivity contribution in [2.45, 2.75) is 39.5 Å². The first-order chi connectivity index (χ1) is 58.9. The van der Waals surface area contributed by atoms with E-state index in [0.717, 1.165) is 134 Å². The fraction of sp³-hybridized carbons (Fsp3) is 0.0541. The van der Waals surface area contributed by atoms with E-state index in [2.05, 4.69) is 261 Å². The summed E-state index contributed by atoms with van der Waals surface area (Å²) in [7, 11) is 0. The van der Waals surface area contributed by atoms with Crippen molar-refractivity contribution in [2.24, 2.45) is 0 Å². The van der Waals surface area contributed by atoms with Crippen LogP contribution in [0.4, 0.5) is 51.2 Å². The molecule has 0 atom stereocenters. The monoisotopic (exact) mass is 1550 g/mol. The van der Waals surface area contributed by atoms with Gasteiger partial charge in [0.1, 0.15) is 17.2 Å². The van der Waals surface area contributed by atoms with E-state index in [-0.39, 0.29) is 0 Å². The summed E-state index contributed by atoms with van der Waals surface area (Å²) < 4.78 is 20.1. The number of rotatable bonds is 22. The molecular weight excluding hydrogens is 1470 g/mol. The second-order valence-corrected chi connectivity index (χ2v) is 30.3. The highest BCUT2D eigenvalue weighted by Gasteiger charge is 2.38. The van der Waals surface area contributed by atoms with Crippen LogP contribution in [-0.4, -0.2) is 17.9 Å². The highest BCUT2D eigenvalue weighted by Crippen LogP contribution is 2.51. The summed E-state index contributed by atoms with van der Waals surface area (Å²) in [6.07, 6.45) is 0.472. The molecule has 0 aromatic heterocycles. The number of nitrogens with zero attached hydrogens (tertiary/aromatic N) is 3. The molecule has 0 spiro atoms. The quantitative estimate of drug-likeness (QED) is 0.0374. The fourth-order valence-electron chi connectivity index (χ4n) is 16.8. The molecule has 18 rings (SSSR count). The van der Waals surface area contributed by atoms with Crippen molar-refractivity contribution >= 4 is 101 Å². The molecule has 0 aliphatic rings. The third-order valence-electron chi connectivity index (χ3n) is 22.7. The van der Waals surface area contributed by atoms with Gasteiger partial charge >= 0.3 is 17.9 Å². The normalized spacial score (nSPS) is 11.3. The fourth-order valence-corrected chi connectivity index (χ4v) is 16.8. The highest BCUT2D eigenvalue weighted by atomic mass is 16.5. The van der Waals surface area contributed by atoms with Crippen LogP contribution in [0.1, 0.15) is 77.8 Å². The van der Waals surface area contributed by atoms with E-state index in [1.54, 1.807) is 0 Å². The lowest BCUT2D eigenvalue weighted by molar-refractivity contribution is 0.0726. The first kappa shape index (κ1) is 75.9. The Morgan fingerprint density at radius 3 is 0.775 bits per heavy atom. The Morgan fingerprint density at radius 2 is 0.500 bits per heavy atom. The zero-order chi connectivity index (χ0) is 81.6. The van der Waals surface area contributed by atoms with Gasteiger partial charge in [0.05, 0.1) is 33.8 Å². The molecule has 9 heteroatoms. The van der Waals surface area contributed by atoms with Gasteiger partial charge in [-0.25, -0.2) is 14.4 Å². The first-order valence-electron chi connectivity index (χ1n) is 40.5. The minimum atomic E-state index is -1.07. The van der Waals surface area contributed by atoms with Crippen molar-refractivity contribution in [2.75, 3.05) is 14.7 Å². The molecule has 0 saturated carbocycles. The molecule has 0 amide bonds. The summed E-state index contributed by atoms with van der Waals surface area (Å²) in [6, 6.07) is 141. The molecule has 0 unspecified atom stereocenters. The lowest BCUT2D eigenvalue weighted by Gasteiger charge is -2.37. The maximum absolute atomic E-state index is 15.1. The Balaban J connectivity index is 0.754. The summed E-state index contributed by atoms with van der Waals surface area (Å²) >= 11 is 0. The number of esters is 3. The Hall–Kier alpha value is -15.5. The smallest absolute Gasteiger partial charge is 0.343 e. The molecule has 0 fully saturated rings. The molecule has 0 radical (unpaired) electrons. The largest absolute Gasteiger partial charge is 0.422 e. The van der Waals surface area contributed by atoms with Gasteiger partial charge < -0.3 is 28.9 Å². The third kappa shape index (κ3) is 15.2. The molecule has 0 aliphatic carbocycles. The highest BCUT2D eigenvalue weighted by molar-refractivity contribution is 6.03. The molecule has 0 saturated heterocycles. The van der Waals surface area contributed by atoms with Gasteiger partial charge in [0.25, 0.3) is 0 Å². The number of ether oxygens (including phenoxy) is 3. The first-order valence-corrected chi connectivity index (χ1v) is 40.5. The number of carbonyl (C=O) groups is 3. The van der Waals surface area contributed by atoms with Crippen molar-refractivity contribution < 1.29 is 28.6 Å². The standard InChI is InChI=1S/C111H83N3O6/c1-5-111(87-57-66-105(99(72-87)84-36-21-27-75(2)69-84)118-108(115)81-51-60-93(61-52-81)112(90-39-9-6-10-40-90)102-48-24-33-78-30-15-18-45-96(78)102,88-58-67-106(100(73-88)85-37-22-28-76(3)70-85)119-109(116)82-53-62-94(63-54-82)113(91-41-11-7-12-42-91)103-49-25-34-79-31-16-19-46-97(79)103)89-59-68-107(101(74-89)86-38-23-29-77(4)71-86)120-110(117)83-55-64-95(65-56-83)114(92-43-13-8-14-44-92)104-50-26-35-80-32-17-20-47-98(80)104/h6-74H,5H2,1-4H3. The topological polar surface area (TPSA) is 88.6 Å². The van der Waals surface area contributed by atoms with Crippen molar-refractivity contribution in [3.63, 3.8) is 0 Å². The maximum Gasteiger partial charge on any atom is 0.343 e. The van der Waals surface area contributed by atoms with Crippen LogP contribution in [0.3, 0.4) is 0 Å². The third-order valence-corrected chi connectivity index (χ3v) is 22.7. The molecule has 578 valence electrons. The molecule has 120 heavy (non-hydrogen) atoms. The van der Waals surface area contributed by atoms with Gasteiger partial charge in [0, 0.05) is 72.4 Å². The van der Waals surface area contributed by atoms with Crippen LogP contribution < -0.4 is 28.9 Å². The van der Waals surface area contributed by atoms with Crippen LogP contribution in [0.2, 0.25) is 0 Å². The van der Waals surface area contributed by atoms with E-state index < -0.39 is 23.3 Å². The summed E-state index contributed by atoms with van der Waals surface area (Å²) in [5, 5.41) is 6.61. The van der Waals surface area contributed by atoms with E-state index in [0.29, 0.717) is 57.1 Å². The van der Waals surface area contributed by atoms with E-state index >= 15 is 14.4 Å². The number of hydrogen-bond acceptors (Lipinski definition) is 9. The second-order valence-electron chi connectivity index (χ2n) is 30.3. The van der Waals surface area contributed by atoms with Crippen LogP contribution in [-0.2, 0) is 5.41 Å². The summed E-state index contributed by atoms with van der Waals surface area (Å²) in [5.41, 5.74) is 18.7. The molecular formula is C111H83N3O6. The molecule has 0 heterocycles. The number of aryl methyl sites for hydroxylation is 3. The van der Waals surface area contributed by atoms with Gasteiger partial charge in [0.15, 0.2) is 0 Å².